The summed E-state index contributed by atoms with van der Waals surface area (Å²) in [5.74, 6) is 0. The molecule has 0 spiro atoms. The molecule has 2 aromatic heterocycles. The third-order valence-corrected chi connectivity index (χ3v) is 4.49. The summed E-state index contributed by atoms with van der Waals surface area (Å²) in [4.78, 5) is 16.2. The standard InChI is InChI=1S/C8H7BrN2OS2/c1-11-7(12)6-5(4(9)3-14-6)10-8(11)13-2/h3H,1-2H3. The van der Waals surface area contributed by atoms with Crippen LogP contribution in [-0.4, -0.2) is 15.8 Å². The number of thiophene rings is 1. The monoisotopic (exact) mass is 290 g/mol. The molecule has 0 saturated carbocycles. The molecule has 14 heavy (non-hydrogen) atoms. The fourth-order valence-corrected chi connectivity index (χ4v) is 3.25. The van der Waals surface area contributed by atoms with E-state index in [0.29, 0.717) is 4.70 Å². The summed E-state index contributed by atoms with van der Waals surface area (Å²) in [6, 6.07) is 0. The maximum atomic E-state index is 11.8. The Morgan fingerprint density at radius 2 is 2.36 bits per heavy atom. The highest BCUT2D eigenvalue weighted by atomic mass is 79.9. The van der Waals surface area contributed by atoms with Gasteiger partial charge in [-0.1, -0.05) is 11.8 Å². The smallest absolute Gasteiger partial charge is 0.271 e. The minimum Gasteiger partial charge on any atom is -0.290 e. The van der Waals surface area contributed by atoms with Crippen molar-refractivity contribution < 1.29 is 0 Å². The molecule has 0 aliphatic carbocycles. The van der Waals surface area contributed by atoms with E-state index in [9.17, 15) is 4.79 Å². The first kappa shape index (κ1) is 10.2. The minimum atomic E-state index is 0.0232. The van der Waals surface area contributed by atoms with Gasteiger partial charge >= 0.3 is 0 Å². The summed E-state index contributed by atoms with van der Waals surface area (Å²) in [6.07, 6.45) is 1.91. The summed E-state index contributed by atoms with van der Waals surface area (Å²) in [5, 5.41) is 2.63. The maximum Gasteiger partial charge on any atom is 0.271 e. The van der Waals surface area contributed by atoms with Crippen LogP contribution >= 0.6 is 39.0 Å². The lowest BCUT2D eigenvalue weighted by molar-refractivity contribution is 0.729. The predicted octanol–water partition coefficient (Wildman–Crippen LogP) is 2.48. The zero-order chi connectivity index (χ0) is 10.3. The first-order valence-corrected chi connectivity index (χ1v) is 6.72. The second kappa shape index (κ2) is 3.67. The maximum absolute atomic E-state index is 11.8. The van der Waals surface area contributed by atoms with E-state index in [2.05, 4.69) is 20.9 Å². The molecule has 2 rings (SSSR count). The van der Waals surface area contributed by atoms with E-state index in [-0.39, 0.29) is 5.56 Å². The summed E-state index contributed by atoms with van der Waals surface area (Å²) in [6.45, 7) is 0. The molecule has 0 aliphatic heterocycles. The highest BCUT2D eigenvalue weighted by Crippen LogP contribution is 2.27. The van der Waals surface area contributed by atoms with Gasteiger partial charge in [-0.05, 0) is 22.2 Å². The molecule has 0 unspecified atom stereocenters. The Labute approximate surface area is 97.3 Å². The minimum absolute atomic E-state index is 0.0232. The van der Waals surface area contributed by atoms with Crippen molar-refractivity contribution in [1.29, 1.82) is 0 Å². The van der Waals surface area contributed by atoms with Crippen molar-refractivity contribution in [2.24, 2.45) is 7.05 Å². The topological polar surface area (TPSA) is 34.9 Å². The van der Waals surface area contributed by atoms with Crippen LogP contribution in [0.2, 0.25) is 0 Å². The third kappa shape index (κ3) is 1.41. The van der Waals surface area contributed by atoms with Gasteiger partial charge < -0.3 is 0 Å². The number of aromatic nitrogens is 2. The molecule has 0 aromatic carbocycles. The molecule has 2 aromatic rings. The molecule has 6 heteroatoms. The zero-order valence-corrected chi connectivity index (χ0v) is 10.8. The second-order valence-electron chi connectivity index (χ2n) is 2.72. The molecule has 0 amide bonds. The predicted molar refractivity (Wildman–Crippen MR) is 64.3 cm³/mol. The number of hydrogen-bond acceptors (Lipinski definition) is 4. The number of fused-ring (bicyclic) bond motifs is 1. The number of rotatable bonds is 1. The molecule has 0 aliphatic rings. The number of nitrogens with zero attached hydrogens (tertiary/aromatic N) is 2. The van der Waals surface area contributed by atoms with E-state index in [1.165, 1.54) is 23.1 Å². The Morgan fingerprint density at radius 1 is 1.64 bits per heavy atom. The van der Waals surface area contributed by atoms with E-state index >= 15 is 0 Å². The lowest BCUT2D eigenvalue weighted by Gasteiger charge is -2.03. The molecule has 0 fully saturated rings. The number of halogens is 1. The van der Waals surface area contributed by atoms with Crippen LogP contribution in [-0.2, 0) is 7.05 Å². The van der Waals surface area contributed by atoms with Crippen LogP contribution in [0.1, 0.15) is 0 Å². The molecule has 0 atom stereocenters. The number of hydrogen-bond donors (Lipinski definition) is 0. The van der Waals surface area contributed by atoms with Gasteiger partial charge in [0.2, 0.25) is 0 Å². The Balaban J connectivity index is 2.95. The van der Waals surface area contributed by atoms with Crippen molar-refractivity contribution >= 4 is 49.2 Å². The van der Waals surface area contributed by atoms with Crippen molar-refractivity contribution in [2.75, 3.05) is 6.26 Å². The van der Waals surface area contributed by atoms with E-state index in [4.69, 9.17) is 0 Å². The van der Waals surface area contributed by atoms with E-state index in [1.807, 2.05) is 11.6 Å². The van der Waals surface area contributed by atoms with Gasteiger partial charge in [0.25, 0.3) is 5.56 Å². The molecule has 74 valence electrons. The molecular formula is C8H7BrN2OS2. The normalized spacial score (nSPS) is 11.1. The summed E-state index contributed by atoms with van der Waals surface area (Å²) in [7, 11) is 1.74. The molecule has 0 radical (unpaired) electrons. The van der Waals surface area contributed by atoms with Crippen LogP contribution in [0.5, 0.6) is 0 Å². The fourth-order valence-electron chi connectivity index (χ4n) is 1.18. The second-order valence-corrected chi connectivity index (χ2v) is 5.23. The third-order valence-electron chi connectivity index (χ3n) is 1.90. The quantitative estimate of drug-likeness (QED) is 0.598. The van der Waals surface area contributed by atoms with Gasteiger partial charge in [0.15, 0.2) is 5.16 Å². The van der Waals surface area contributed by atoms with Gasteiger partial charge in [0, 0.05) is 12.4 Å². The van der Waals surface area contributed by atoms with Crippen LogP contribution in [0, 0.1) is 0 Å². The van der Waals surface area contributed by atoms with Gasteiger partial charge in [0.1, 0.15) is 10.2 Å². The molecule has 0 saturated heterocycles. The van der Waals surface area contributed by atoms with Crippen molar-refractivity contribution in [2.45, 2.75) is 5.16 Å². The average molecular weight is 291 g/mol. The van der Waals surface area contributed by atoms with Crippen molar-refractivity contribution in [3.63, 3.8) is 0 Å². The van der Waals surface area contributed by atoms with E-state index < -0.39 is 0 Å². The highest BCUT2D eigenvalue weighted by Gasteiger charge is 2.11. The molecule has 3 nitrogen and oxygen atoms in total. The van der Waals surface area contributed by atoms with Gasteiger partial charge in [0.05, 0.1) is 4.47 Å². The van der Waals surface area contributed by atoms with Gasteiger partial charge in [-0.25, -0.2) is 4.98 Å². The van der Waals surface area contributed by atoms with Crippen LogP contribution in [0.15, 0.2) is 19.8 Å². The van der Waals surface area contributed by atoms with Gasteiger partial charge in [-0.3, -0.25) is 9.36 Å². The SMILES string of the molecule is CSc1nc2c(Br)csc2c(=O)n1C. The lowest BCUT2D eigenvalue weighted by atomic mass is 10.5. The zero-order valence-electron chi connectivity index (χ0n) is 7.57. The van der Waals surface area contributed by atoms with Crippen LogP contribution < -0.4 is 5.56 Å². The molecule has 0 bridgehead atoms. The number of thioether (sulfide) groups is 1. The first-order valence-electron chi connectivity index (χ1n) is 3.83. The largest absolute Gasteiger partial charge is 0.290 e. The Hall–Kier alpha value is -0.330. The molecular weight excluding hydrogens is 284 g/mol. The van der Waals surface area contributed by atoms with E-state index in [0.717, 1.165) is 15.1 Å². The van der Waals surface area contributed by atoms with Crippen molar-refractivity contribution in [3.05, 3.63) is 20.2 Å². The van der Waals surface area contributed by atoms with Crippen molar-refractivity contribution in [3.8, 4) is 0 Å². The highest BCUT2D eigenvalue weighted by molar-refractivity contribution is 9.10. The fraction of sp³-hybridized carbons (Fsp3) is 0.250. The Morgan fingerprint density at radius 3 is 3.00 bits per heavy atom. The lowest BCUT2D eigenvalue weighted by Crippen LogP contribution is -2.18. The van der Waals surface area contributed by atoms with Crippen molar-refractivity contribution in [1.82, 2.24) is 9.55 Å². The van der Waals surface area contributed by atoms with Gasteiger partial charge in [-0.15, -0.1) is 11.3 Å². The first-order chi connectivity index (χ1) is 6.65. The Bertz CT molecular complexity index is 546. The van der Waals surface area contributed by atoms with Crippen LogP contribution in [0.25, 0.3) is 10.2 Å². The van der Waals surface area contributed by atoms with Gasteiger partial charge in [-0.2, -0.15) is 0 Å². The van der Waals surface area contributed by atoms with Crippen LogP contribution in [0.3, 0.4) is 0 Å². The Kier molecular flexibility index (Phi) is 2.68. The summed E-state index contributed by atoms with van der Waals surface area (Å²) in [5.41, 5.74) is 0.789. The average Bonchev–Trinajstić information content (AvgIpc) is 2.54. The van der Waals surface area contributed by atoms with E-state index in [1.54, 1.807) is 11.6 Å². The molecule has 0 N–H and O–H groups in total. The van der Waals surface area contributed by atoms with Crippen LogP contribution in [0.4, 0.5) is 0 Å². The molecule has 2 heterocycles. The summed E-state index contributed by atoms with van der Waals surface area (Å²) >= 11 is 6.27. The summed E-state index contributed by atoms with van der Waals surface area (Å²) < 4.78 is 3.18.